The quantitative estimate of drug-likeness (QED) is 0.717. The molecular formula is C11H18N2O3. The van der Waals surface area contributed by atoms with Crippen molar-refractivity contribution >= 4 is 5.97 Å². The predicted octanol–water partition coefficient (Wildman–Crippen LogP) is 0.515. The zero-order chi connectivity index (χ0) is 11.8. The third-order valence-electron chi connectivity index (χ3n) is 3.30. The van der Waals surface area contributed by atoms with Crippen LogP contribution in [0.4, 0.5) is 0 Å². The minimum absolute atomic E-state index is 0.268. The van der Waals surface area contributed by atoms with Crippen molar-refractivity contribution in [3.05, 3.63) is 12.0 Å². The van der Waals surface area contributed by atoms with E-state index in [-0.39, 0.29) is 6.04 Å². The van der Waals surface area contributed by atoms with Crippen molar-refractivity contribution in [2.45, 2.75) is 37.8 Å². The van der Waals surface area contributed by atoms with Gasteiger partial charge in [-0.15, -0.1) is 0 Å². The first-order valence-electron chi connectivity index (χ1n) is 5.64. The molecule has 2 aliphatic heterocycles. The maximum Gasteiger partial charge on any atom is 0.348 e. The molecule has 0 saturated carbocycles. The van der Waals surface area contributed by atoms with E-state index in [1.165, 1.54) is 0 Å². The first kappa shape index (κ1) is 11.3. The molecule has 0 amide bonds. The van der Waals surface area contributed by atoms with Crippen molar-refractivity contribution < 1.29 is 14.6 Å². The molecule has 2 aliphatic rings. The highest BCUT2D eigenvalue weighted by atomic mass is 16.5. The average molecular weight is 226 g/mol. The van der Waals surface area contributed by atoms with Crippen LogP contribution < -0.4 is 5.73 Å². The molecule has 3 N–H and O–H groups in total. The molecule has 1 saturated heterocycles. The number of carboxylic acid groups (broad SMARTS) is 1. The van der Waals surface area contributed by atoms with Crippen LogP contribution >= 0.6 is 0 Å². The predicted molar refractivity (Wildman–Crippen MR) is 58.6 cm³/mol. The van der Waals surface area contributed by atoms with Gasteiger partial charge in [0.2, 0.25) is 5.60 Å². The van der Waals surface area contributed by atoms with Crippen molar-refractivity contribution in [1.29, 1.82) is 0 Å². The number of hydrogen-bond donors (Lipinski definition) is 2. The van der Waals surface area contributed by atoms with Crippen LogP contribution in [0.15, 0.2) is 12.0 Å². The van der Waals surface area contributed by atoms with Crippen molar-refractivity contribution in [3.63, 3.8) is 0 Å². The highest BCUT2D eigenvalue weighted by molar-refractivity contribution is 5.77. The normalized spacial score (nSPS) is 31.1. The van der Waals surface area contributed by atoms with E-state index in [2.05, 4.69) is 4.90 Å². The summed E-state index contributed by atoms with van der Waals surface area (Å²) in [5, 5.41) is 9.03. The lowest BCUT2D eigenvalue weighted by Crippen LogP contribution is -2.41. The fourth-order valence-electron chi connectivity index (χ4n) is 2.04. The summed E-state index contributed by atoms with van der Waals surface area (Å²) < 4.78 is 5.53. The Morgan fingerprint density at radius 2 is 2.25 bits per heavy atom. The van der Waals surface area contributed by atoms with Crippen LogP contribution in [0.5, 0.6) is 0 Å². The molecule has 16 heavy (non-hydrogen) atoms. The van der Waals surface area contributed by atoms with Gasteiger partial charge in [-0.3, -0.25) is 0 Å². The van der Waals surface area contributed by atoms with Gasteiger partial charge in [-0.05, 0) is 25.8 Å². The second kappa shape index (κ2) is 3.97. The molecule has 0 spiro atoms. The molecule has 1 fully saturated rings. The standard InChI is InChI=1S/C11H18N2O3/c1-11(10(14)15)5-2-9(16-11)13-6-3-8(12)4-7-13/h2,8H,3-7,12H2,1H3,(H,14,15). The van der Waals surface area contributed by atoms with E-state index in [0.29, 0.717) is 12.3 Å². The van der Waals surface area contributed by atoms with E-state index in [4.69, 9.17) is 15.6 Å². The van der Waals surface area contributed by atoms with Crippen LogP contribution in [0.3, 0.4) is 0 Å². The van der Waals surface area contributed by atoms with Gasteiger partial charge >= 0.3 is 5.97 Å². The Kier molecular flexibility index (Phi) is 2.80. The Balaban J connectivity index is 1.96. The number of piperidine rings is 1. The SMILES string of the molecule is CC1(C(=O)O)CC=C(N2CCC(N)CC2)O1. The Morgan fingerprint density at radius 3 is 2.75 bits per heavy atom. The number of nitrogens with two attached hydrogens (primary N) is 1. The number of carbonyl (C=O) groups is 1. The Morgan fingerprint density at radius 1 is 1.62 bits per heavy atom. The van der Waals surface area contributed by atoms with Gasteiger partial charge in [-0.1, -0.05) is 0 Å². The molecule has 2 heterocycles. The zero-order valence-electron chi connectivity index (χ0n) is 9.48. The lowest BCUT2D eigenvalue weighted by Gasteiger charge is -2.33. The van der Waals surface area contributed by atoms with E-state index < -0.39 is 11.6 Å². The number of carboxylic acids is 1. The zero-order valence-corrected chi connectivity index (χ0v) is 9.48. The summed E-state index contributed by atoms with van der Waals surface area (Å²) in [5.41, 5.74) is 4.73. The van der Waals surface area contributed by atoms with E-state index in [9.17, 15) is 4.79 Å². The number of nitrogens with zero attached hydrogens (tertiary/aromatic N) is 1. The van der Waals surface area contributed by atoms with Crippen LogP contribution in [0.1, 0.15) is 26.2 Å². The highest BCUT2D eigenvalue weighted by Crippen LogP contribution is 2.31. The average Bonchev–Trinajstić information content (AvgIpc) is 2.63. The molecular weight excluding hydrogens is 208 g/mol. The summed E-state index contributed by atoms with van der Waals surface area (Å²) in [7, 11) is 0. The van der Waals surface area contributed by atoms with Crippen LogP contribution in [-0.2, 0) is 9.53 Å². The lowest BCUT2D eigenvalue weighted by molar-refractivity contribution is -0.158. The molecule has 0 radical (unpaired) electrons. The number of aliphatic carboxylic acids is 1. The second-order valence-electron chi connectivity index (χ2n) is 4.71. The molecule has 0 aromatic rings. The molecule has 90 valence electrons. The monoisotopic (exact) mass is 226 g/mol. The maximum absolute atomic E-state index is 11.0. The van der Waals surface area contributed by atoms with Gasteiger partial charge in [0.15, 0.2) is 5.88 Å². The van der Waals surface area contributed by atoms with E-state index in [1.807, 2.05) is 6.08 Å². The van der Waals surface area contributed by atoms with Gasteiger partial charge in [0.05, 0.1) is 0 Å². The first-order valence-corrected chi connectivity index (χ1v) is 5.64. The smallest absolute Gasteiger partial charge is 0.348 e. The summed E-state index contributed by atoms with van der Waals surface area (Å²) in [6, 6.07) is 0.268. The Hall–Kier alpha value is -1.23. The molecule has 1 atom stereocenters. The third kappa shape index (κ3) is 2.00. The van der Waals surface area contributed by atoms with Crippen LogP contribution in [0.25, 0.3) is 0 Å². The summed E-state index contributed by atoms with van der Waals surface area (Å²) in [6.07, 6.45) is 4.17. The van der Waals surface area contributed by atoms with Gasteiger partial charge in [0, 0.05) is 25.6 Å². The molecule has 2 rings (SSSR count). The van der Waals surface area contributed by atoms with E-state index >= 15 is 0 Å². The first-order chi connectivity index (χ1) is 7.51. The maximum atomic E-state index is 11.0. The molecule has 0 aromatic carbocycles. The molecule has 5 heteroatoms. The third-order valence-corrected chi connectivity index (χ3v) is 3.30. The minimum atomic E-state index is -1.09. The van der Waals surface area contributed by atoms with Gasteiger partial charge in [-0.2, -0.15) is 0 Å². The van der Waals surface area contributed by atoms with E-state index in [1.54, 1.807) is 6.92 Å². The van der Waals surface area contributed by atoms with E-state index in [0.717, 1.165) is 25.9 Å². The Labute approximate surface area is 94.9 Å². The molecule has 1 unspecified atom stereocenters. The summed E-state index contributed by atoms with van der Waals surface area (Å²) in [6.45, 7) is 3.31. The fourth-order valence-corrected chi connectivity index (χ4v) is 2.04. The lowest BCUT2D eigenvalue weighted by atomic mass is 10.0. The fraction of sp³-hybridized carbons (Fsp3) is 0.727. The molecule has 0 aromatic heterocycles. The largest absolute Gasteiger partial charge is 0.478 e. The van der Waals surface area contributed by atoms with Crippen molar-refractivity contribution in [3.8, 4) is 0 Å². The second-order valence-corrected chi connectivity index (χ2v) is 4.71. The summed E-state index contributed by atoms with van der Waals surface area (Å²) >= 11 is 0. The van der Waals surface area contributed by atoms with Gasteiger partial charge in [0.25, 0.3) is 0 Å². The van der Waals surface area contributed by atoms with Crippen molar-refractivity contribution in [2.75, 3.05) is 13.1 Å². The number of hydrogen-bond acceptors (Lipinski definition) is 4. The Bertz CT molecular complexity index is 321. The van der Waals surface area contributed by atoms with Gasteiger partial charge in [-0.25, -0.2) is 4.79 Å². The highest BCUT2D eigenvalue weighted by Gasteiger charge is 2.41. The molecule has 5 nitrogen and oxygen atoms in total. The van der Waals surface area contributed by atoms with Crippen LogP contribution in [-0.4, -0.2) is 40.7 Å². The summed E-state index contributed by atoms with van der Waals surface area (Å²) in [5.74, 6) is -0.204. The van der Waals surface area contributed by atoms with Crippen molar-refractivity contribution in [1.82, 2.24) is 4.90 Å². The molecule has 0 aliphatic carbocycles. The van der Waals surface area contributed by atoms with Crippen LogP contribution in [0.2, 0.25) is 0 Å². The summed E-state index contributed by atoms with van der Waals surface area (Å²) in [4.78, 5) is 13.1. The van der Waals surface area contributed by atoms with Crippen LogP contribution in [0, 0.1) is 0 Å². The molecule has 0 bridgehead atoms. The van der Waals surface area contributed by atoms with Gasteiger partial charge < -0.3 is 20.5 Å². The number of likely N-dealkylation sites (tertiary alicyclic amines) is 1. The number of rotatable bonds is 2. The van der Waals surface area contributed by atoms with Gasteiger partial charge in [0.1, 0.15) is 0 Å². The number of ether oxygens (including phenoxy) is 1. The topological polar surface area (TPSA) is 75.8 Å². The van der Waals surface area contributed by atoms with Crippen molar-refractivity contribution in [2.24, 2.45) is 5.73 Å². The minimum Gasteiger partial charge on any atom is -0.478 e.